The monoisotopic (exact) mass is 319 g/mol. The van der Waals surface area contributed by atoms with Crippen LogP contribution in [-0.2, 0) is 0 Å². The van der Waals surface area contributed by atoms with Crippen LogP contribution in [-0.4, -0.2) is 21.0 Å². The second-order valence-electron chi connectivity index (χ2n) is 5.19. The largest absolute Gasteiger partial charge is 0.351 e. The Bertz CT molecular complexity index is 586. The van der Waals surface area contributed by atoms with Gasteiger partial charge in [0.25, 0.3) is 0 Å². The Morgan fingerprint density at radius 2 is 1.55 bits per heavy atom. The fourth-order valence-electron chi connectivity index (χ4n) is 2.17. The molecule has 0 fully saturated rings. The third-order valence-corrected chi connectivity index (χ3v) is 3.74. The normalized spacial score (nSPS) is 12.2. The topological polar surface area (TPSA) is 62.7 Å². The molecule has 1 aromatic carbocycles. The van der Waals surface area contributed by atoms with Crippen LogP contribution in [0.4, 0.5) is 11.9 Å². The van der Waals surface area contributed by atoms with Gasteiger partial charge in [-0.05, 0) is 36.9 Å². The maximum absolute atomic E-state index is 6.01. The van der Waals surface area contributed by atoms with Crippen LogP contribution in [0.2, 0.25) is 5.28 Å². The molecule has 5 nitrogen and oxygen atoms in total. The predicted molar refractivity (Wildman–Crippen MR) is 91.3 cm³/mol. The zero-order valence-corrected chi connectivity index (χ0v) is 13.9. The lowest BCUT2D eigenvalue weighted by molar-refractivity contribution is 0.663. The molecule has 118 valence electrons. The average Bonchev–Trinajstić information content (AvgIpc) is 2.53. The molecule has 1 aromatic heterocycles. The molecule has 0 aliphatic carbocycles. The summed E-state index contributed by atoms with van der Waals surface area (Å²) in [5.74, 6) is 0.987. The molecule has 0 saturated heterocycles. The van der Waals surface area contributed by atoms with Gasteiger partial charge < -0.3 is 10.6 Å². The average molecular weight is 320 g/mol. The minimum absolute atomic E-state index is 0.0839. The van der Waals surface area contributed by atoms with Crippen LogP contribution in [0, 0.1) is 0 Å². The number of hydrogen-bond donors (Lipinski definition) is 2. The number of aromatic nitrogens is 3. The number of rotatable bonds is 7. The van der Waals surface area contributed by atoms with Gasteiger partial charge in [0.05, 0.1) is 6.04 Å². The molecule has 0 spiro atoms. The molecule has 0 unspecified atom stereocenters. The van der Waals surface area contributed by atoms with E-state index in [-0.39, 0.29) is 11.3 Å². The third-order valence-electron chi connectivity index (χ3n) is 3.57. The lowest BCUT2D eigenvalue weighted by Crippen LogP contribution is -2.20. The summed E-state index contributed by atoms with van der Waals surface area (Å²) in [4.78, 5) is 12.7. The van der Waals surface area contributed by atoms with E-state index in [4.69, 9.17) is 11.6 Å². The van der Waals surface area contributed by atoms with Crippen LogP contribution in [0.1, 0.15) is 45.2 Å². The van der Waals surface area contributed by atoms with Gasteiger partial charge in [-0.15, -0.1) is 0 Å². The number of halogens is 1. The van der Waals surface area contributed by atoms with Gasteiger partial charge in [-0.1, -0.05) is 44.2 Å². The van der Waals surface area contributed by atoms with Crippen LogP contribution in [0.15, 0.2) is 30.3 Å². The van der Waals surface area contributed by atoms with Crippen molar-refractivity contribution in [3.8, 4) is 0 Å². The summed E-state index contributed by atoms with van der Waals surface area (Å²) in [6.45, 7) is 6.31. The predicted octanol–water partition coefficient (Wildman–Crippen LogP) is 4.30. The number of anilines is 2. The van der Waals surface area contributed by atoms with E-state index in [1.165, 1.54) is 0 Å². The van der Waals surface area contributed by atoms with E-state index in [2.05, 4.69) is 58.5 Å². The zero-order chi connectivity index (χ0) is 15.9. The molecule has 0 saturated carbocycles. The van der Waals surface area contributed by atoms with E-state index >= 15 is 0 Å². The fraction of sp³-hybridized carbons (Fsp3) is 0.438. The minimum atomic E-state index is 0.0839. The lowest BCUT2D eigenvalue weighted by Gasteiger charge is -2.17. The molecule has 2 rings (SSSR count). The molecule has 0 amide bonds. The van der Waals surface area contributed by atoms with Crippen molar-refractivity contribution in [1.82, 2.24) is 15.0 Å². The van der Waals surface area contributed by atoms with Crippen molar-refractivity contribution in [3.63, 3.8) is 0 Å². The molecule has 1 heterocycles. The van der Waals surface area contributed by atoms with E-state index in [1.807, 2.05) is 18.2 Å². The van der Waals surface area contributed by atoms with Crippen LogP contribution >= 0.6 is 11.6 Å². The zero-order valence-electron chi connectivity index (χ0n) is 13.2. The Kier molecular flexibility index (Phi) is 5.95. The van der Waals surface area contributed by atoms with E-state index in [0.717, 1.165) is 18.4 Å². The van der Waals surface area contributed by atoms with Gasteiger partial charge in [0.1, 0.15) is 0 Å². The SMILES string of the molecule is CCC(CC)Nc1nc(Cl)nc(N[C@@H](C)c2ccccc2)n1. The van der Waals surface area contributed by atoms with Crippen LogP contribution in [0.25, 0.3) is 0 Å². The van der Waals surface area contributed by atoms with Crippen molar-refractivity contribution in [2.24, 2.45) is 0 Å². The first-order chi connectivity index (χ1) is 10.6. The summed E-state index contributed by atoms with van der Waals surface area (Å²) in [7, 11) is 0. The van der Waals surface area contributed by atoms with Crippen LogP contribution in [0.3, 0.4) is 0 Å². The molecule has 0 aliphatic heterocycles. The first-order valence-corrected chi connectivity index (χ1v) is 7.99. The highest BCUT2D eigenvalue weighted by Crippen LogP contribution is 2.18. The standard InChI is InChI=1S/C16H22ClN5/c1-4-13(5-2)19-16-21-14(17)20-15(22-16)18-11(3)12-9-7-6-8-10-12/h6-11,13H,4-5H2,1-3H3,(H2,18,19,20,21,22)/t11-/m0/s1. The molecule has 0 radical (unpaired) electrons. The Hall–Kier alpha value is -1.88. The van der Waals surface area contributed by atoms with Gasteiger partial charge in [-0.3, -0.25) is 0 Å². The number of benzene rings is 1. The van der Waals surface area contributed by atoms with Crippen molar-refractivity contribution in [1.29, 1.82) is 0 Å². The molecule has 0 aliphatic rings. The second-order valence-corrected chi connectivity index (χ2v) is 5.52. The molecule has 6 heteroatoms. The van der Waals surface area contributed by atoms with Crippen molar-refractivity contribution in [2.75, 3.05) is 10.6 Å². The summed E-state index contributed by atoms with van der Waals surface area (Å²) < 4.78 is 0. The van der Waals surface area contributed by atoms with Gasteiger partial charge >= 0.3 is 0 Å². The third kappa shape index (κ3) is 4.56. The summed E-state index contributed by atoms with van der Waals surface area (Å²) in [5, 5.41) is 6.73. The Labute approximate surface area is 136 Å². The van der Waals surface area contributed by atoms with E-state index in [9.17, 15) is 0 Å². The fourth-order valence-corrected chi connectivity index (χ4v) is 2.33. The molecule has 0 bridgehead atoms. The summed E-state index contributed by atoms with van der Waals surface area (Å²) in [5.41, 5.74) is 1.16. The Balaban J connectivity index is 2.12. The number of hydrogen-bond acceptors (Lipinski definition) is 5. The maximum Gasteiger partial charge on any atom is 0.229 e. The quantitative estimate of drug-likeness (QED) is 0.796. The van der Waals surface area contributed by atoms with Gasteiger partial charge in [-0.2, -0.15) is 15.0 Å². The highest BCUT2D eigenvalue weighted by Gasteiger charge is 2.11. The van der Waals surface area contributed by atoms with Crippen LogP contribution < -0.4 is 10.6 Å². The number of nitrogens with one attached hydrogen (secondary N) is 2. The smallest absolute Gasteiger partial charge is 0.229 e. The van der Waals surface area contributed by atoms with Crippen molar-refractivity contribution >= 4 is 23.5 Å². The summed E-state index contributed by atoms with van der Waals surface area (Å²) in [6, 6.07) is 10.5. The van der Waals surface area contributed by atoms with Gasteiger partial charge in [0, 0.05) is 6.04 Å². The van der Waals surface area contributed by atoms with Crippen molar-refractivity contribution in [3.05, 3.63) is 41.2 Å². The Morgan fingerprint density at radius 1 is 0.955 bits per heavy atom. The van der Waals surface area contributed by atoms with Crippen LogP contribution in [0.5, 0.6) is 0 Å². The molecular formula is C16H22ClN5. The molecule has 2 aromatic rings. The minimum Gasteiger partial charge on any atom is -0.351 e. The Morgan fingerprint density at radius 3 is 2.14 bits per heavy atom. The van der Waals surface area contributed by atoms with Gasteiger partial charge in [0.15, 0.2) is 0 Å². The highest BCUT2D eigenvalue weighted by atomic mass is 35.5. The van der Waals surface area contributed by atoms with E-state index in [1.54, 1.807) is 0 Å². The van der Waals surface area contributed by atoms with Crippen molar-refractivity contribution in [2.45, 2.75) is 45.7 Å². The van der Waals surface area contributed by atoms with Gasteiger partial charge in [-0.25, -0.2) is 0 Å². The molecule has 1 atom stereocenters. The molecular weight excluding hydrogens is 298 g/mol. The first kappa shape index (κ1) is 16.5. The van der Waals surface area contributed by atoms with Gasteiger partial charge in [0.2, 0.25) is 17.2 Å². The van der Waals surface area contributed by atoms with E-state index < -0.39 is 0 Å². The van der Waals surface area contributed by atoms with E-state index in [0.29, 0.717) is 17.9 Å². The summed E-state index contributed by atoms with van der Waals surface area (Å²) >= 11 is 6.01. The first-order valence-electron chi connectivity index (χ1n) is 7.62. The highest BCUT2D eigenvalue weighted by molar-refractivity contribution is 6.28. The molecule has 22 heavy (non-hydrogen) atoms. The number of nitrogens with zero attached hydrogens (tertiary/aromatic N) is 3. The van der Waals surface area contributed by atoms with Crippen molar-refractivity contribution < 1.29 is 0 Å². The maximum atomic E-state index is 6.01. The second kappa shape index (κ2) is 7.94. The summed E-state index contributed by atoms with van der Waals surface area (Å²) in [6.07, 6.45) is 2.01. The molecule has 2 N–H and O–H groups in total. The lowest BCUT2D eigenvalue weighted by atomic mass is 10.1.